The minimum absolute atomic E-state index is 0.0477. The van der Waals surface area contributed by atoms with Gasteiger partial charge in [0, 0.05) is 25.3 Å². The zero-order valence-corrected chi connectivity index (χ0v) is 21.2. The first-order valence-electron chi connectivity index (χ1n) is 11.9. The highest BCUT2D eigenvalue weighted by Gasteiger charge is 2.26. The summed E-state index contributed by atoms with van der Waals surface area (Å²) < 4.78 is 10.8. The van der Waals surface area contributed by atoms with Crippen molar-refractivity contribution in [1.82, 2.24) is 9.80 Å². The number of urea groups is 1. The third-order valence-corrected chi connectivity index (χ3v) is 6.37. The summed E-state index contributed by atoms with van der Waals surface area (Å²) in [6.45, 7) is 9.85. The average molecular weight is 468 g/mol. The first kappa shape index (κ1) is 25.4. The van der Waals surface area contributed by atoms with Gasteiger partial charge in [-0.1, -0.05) is 32.0 Å². The molecular weight excluding hydrogens is 430 g/mol. The molecule has 2 aromatic carbocycles. The summed E-state index contributed by atoms with van der Waals surface area (Å²) in [6, 6.07) is 9.61. The summed E-state index contributed by atoms with van der Waals surface area (Å²) in [5.74, 6) is 1.72. The van der Waals surface area contributed by atoms with Crippen LogP contribution in [0.1, 0.15) is 42.5 Å². The molecule has 0 saturated heterocycles. The summed E-state index contributed by atoms with van der Waals surface area (Å²) in [7, 11) is 3.23. The fourth-order valence-electron chi connectivity index (χ4n) is 4.22. The van der Waals surface area contributed by atoms with E-state index in [0.717, 1.165) is 40.8 Å². The van der Waals surface area contributed by atoms with E-state index in [1.54, 1.807) is 19.1 Å². The number of methoxy groups -OCH3 is 2. The second-order valence-electron chi connectivity index (χ2n) is 9.34. The Morgan fingerprint density at radius 2 is 1.68 bits per heavy atom. The highest BCUT2D eigenvalue weighted by atomic mass is 16.5. The number of nitrogens with one attached hydrogen (secondary N) is 1. The zero-order chi connectivity index (χ0) is 24.8. The predicted molar refractivity (Wildman–Crippen MR) is 135 cm³/mol. The number of carbonyl (C=O) groups excluding carboxylic acids is 2. The van der Waals surface area contributed by atoms with Crippen LogP contribution in [0.2, 0.25) is 0 Å². The molecule has 184 valence electrons. The van der Waals surface area contributed by atoms with E-state index in [4.69, 9.17) is 9.47 Å². The summed E-state index contributed by atoms with van der Waals surface area (Å²) in [6.07, 6.45) is 1.56. The van der Waals surface area contributed by atoms with Crippen LogP contribution in [-0.4, -0.2) is 55.6 Å². The van der Waals surface area contributed by atoms with Crippen LogP contribution < -0.4 is 14.8 Å². The van der Waals surface area contributed by atoms with Gasteiger partial charge in [-0.15, -0.1) is 0 Å². The van der Waals surface area contributed by atoms with Crippen molar-refractivity contribution in [3.05, 3.63) is 52.6 Å². The van der Waals surface area contributed by atoms with E-state index in [1.807, 2.05) is 49.1 Å². The largest absolute Gasteiger partial charge is 0.493 e. The van der Waals surface area contributed by atoms with Crippen LogP contribution in [0.15, 0.2) is 30.3 Å². The maximum Gasteiger partial charge on any atom is 0.322 e. The van der Waals surface area contributed by atoms with Crippen molar-refractivity contribution in [2.45, 2.75) is 47.1 Å². The van der Waals surface area contributed by atoms with E-state index >= 15 is 0 Å². The number of anilines is 1. The molecule has 0 bridgehead atoms. The van der Waals surface area contributed by atoms with Gasteiger partial charge in [0.05, 0.1) is 14.2 Å². The van der Waals surface area contributed by atoms with E-state index < -0.39 is 0 Å². The second kappa shape index (κ2) is 11.3. The van der Waals surface area contributed by atoms with Gasteiger partial charge in [0.2, 0.25) is 5.91 Å². The number of benzene rings is 2. The van der Waals surface area contributed by atoms with Crippen LogP contribution in [0.25, 0.3) is 0 Å². The second-order valence-corrected chi connectivity index (χ2v) is 9.34. The average Bonchev–Trinajstić information content (AvgIpc) is 2.82. The van der Waals surface area contributed by atoms with Gasteiger partial charge in [0.15, 0.2) is 11.5 Å². The molecule has 7 nitrogen and oxygen atoms in total. The number of nitrogens with zero attached hydrogens (tertiary/aromatic N) is 2. The van der Waals surface area contributed by atoms with Gasteiger partial charge in [-0.3, -0.25) is 4.79 Å². The summed E-state index contributed by atoms with van der Waals surface area (Å²) in [5.41, 5.74) is 5.01. The van der Waals surface area contributed by atoms with Crippen LogP contribution in [0.5, 0.6) is 11.5 Å². The normalized spacial score (nSPS) is 12.9. The molecule has 0 fully saturated rings. The number of para-hydroxylation sites is 1. The maximum atomic E-state index is 13.3. The van der Waals surface area contributed by atoms with Gasteiger partial charge in [-0.25, -0.2) is 4.79 Å². The first-order chi connectivity index (χ1) is 16.2. The fraction of sp³-hybridized carbons (Fsp3) is 0.481. The molecule has 0 aliphatic carbocycles. The molecule has 0 unspecified atom stereocenters. The Balaban J connectivity index is 1.73. The van der Waals surface area contributed by atoms with Gasteiger partial charge in [0.1, 0.15) is 6.54 Å². The van der Waals surface area contributed by atoms with Crippen molar-refractivity contribution in [2.24, 2.45) is 5.92 Å². The monoisotopic (exact) mass is 467 g/mol. The van der Waals surface area contributed by atoms with Crippen molar-refractivity contribution < 1.29 is 19.1 Å². The lowest BCUT2D eigenvalue weighted by atomic mass is 9.98. The molecular formula is C27H37N3O4. The summed E-state index contributed by atoms with van der Waals surface area (Å²) in [4.78, 5) is 30.0. The molecule has 0 spiro atoms. The van der Waals surface area contributed by atoms with Crippen molar-refractivity contribution in [1.29, 1.82) is 0 Å². The molecule has 3 amide bonds. The van der Waals surface area contributed by atoms with Crippen LogP contribution in [-0.2, 0) is 17.8 Å². The minimum Gasteiger partial charge on any atom is -0.493 e. The van der Waals surface area contributed by atoms with Crippen molar-refractivity contribution in [3.63, 3.8) is 0 Å². The quantitative estimate of drug-likeness (QED) is 0.606. The van der Waals surface area contributed by atoms with Crippen LogP contribution in [0.3, 0.4) is 0 Å². The third kappa shape index (κ3) is 6.01. The lowest BCUT2D eigenvalue weighted by Crippen LogP contribution is -2.46. The highest BCUT2D eigenvalue weighted by Crippen LogP contribution is 2.33. The van der Waals surface area contributed by atoms with Crippen molar-refractivity contribution in [3.8, 4) is 11.5 Å². The van der Waals surface area contributed by atoms with E-state index in [2.05, 4.69) is 19.2 Å². The van der Waals surface area contributed by atoms with Gasteiger partial charge in [-0.2, -0.15) is 0 Å². The number of fused-ring (bicyclic) bond motifs is 1. The fourth-order valence-corrected chi connectivity index (χ4v) is 4.22. The topological polar surface area (TPSA) is 71.1 Å². The van der Waals surface area contributed by atoms with Crippen LogP contribution in [0.4, 0.5) is 10.5 Å². The Hall–Kier alpha value is -3.22. The van der Waals surface area contributed by atoms with E-state index in [-0.39, 0.29) is 18.5 Å². The molecule has 0 atom stereocenters. The molecule has 0 aromatic heterocycles. The summed E-state index contributed by atoms with van der Waals surface area (Å²) in [5, 5.41) is 3.04. The molecule has 1 aliphatic rings. The molecule has 0 radical (unpaired) electrons. The summed E-state index contributed by atoms with van der Waals surface area (Å²) >= 11 is 0. The highest BCUT2D eigenvalue weighted by molar-refractivity contribution is 5.93. The lowest BCUT2D eigenvalue weighted by molar-refractivity contribution is -0.132. The van der Waals surface area contributed by atoms with Gasteiger partial charge >= 0.3 is 6.03 Å². The number of hydrogen-bond donors (Lipinski definition) is 1. The van der Waals surface area contributed by atoms with E-state index in [9.17, 15) is 9.59 Å². The molecule has 2 aromatic rings. The zero-order valence-electron chi connectivity index (χ0n) is 21.2. The number of carbonyl (C=O) groups is 2. The Kier molecular flexibility index (Phi) is 8.42. The molecule has 1 aliphatic heterocycles. The Morgan fingerprint density at radius 1 is 1.06 bits per heavy atom. The van der Waals surface area contributed by atoms with Crippen LogP contribution >= 0.6 is 0 Å². The lowest BCUT2D eigenvalue weighted by Gasteiger charge is -2.32. The molecule has 7 heteroatoms. The number of aryl methyl sites for hydroxylation is 2. The number of rotatable bonds is 8. The SMILES string of the molecule is COc1cc2c(cc1OC)CN(C(=O)CN(CCC(C)C)C(=O)Nc1c(C)cccc1C)CC2. The number of amides is 3. The molecule has 1 heterocycles. The molecule has 1 N–H and O–H groups in total. The van der Waals surface area contributed by atoms with Gasteiger partial charge in [0.25, 0.3) is 0 Å². The third-order valence-electron chi connectivity index (χ3n) is 6.37. The first-order valence-corrected chi connectivity index (χ1v) is 11.9. The predicted octanol–water partition coefficient (Wildman–Crippen LogP) is 4.79. The van der Waals surface area contributed by atoms with E-state index in [0.29, 0.717) is 37.1 Å². The van der Waals surface area contributed by atoms with Crippen LogP contribution in [0, 0.1) is 19.8 Å². The van der Waals surface area contributed by atoms with Crippen molar-refractivity contribution in [2.75, 3.05) is 39.2 Å². The number of hydrogen-bond acceptors (Lipinski definition) is 4. The Bertz CT molecular complexity index is 1010. The minimum atomic E-state index is -0.241. The van der Waals surface area contributed by atoms with Crippen molar-refractivity contribution >= 4 is 17.6 Å². The smallest absolute Gasteiger partial charge is 0.322 e. The van der Waals surface area contributed by atoms with E-state index in [1.165, 1.54) is 0 Å². The Morgan fingerprint density at radius 3 is 2.26 bits per heavy atom. The van der Waals surface area contributed by atoms with Gasteiger partial charge in [-0.05, 0) is 67.0 Å². The maximum absolute atomic E-state index is 13.3. The Labute approximate surface area is 203 Å². The standard InChI is InChI=1S/C27H37N3O4/c1-18(2)10-12-30(27(32)28-26-19(3)8-7-9-20(26)4)17-25(31)29-13-11-21-14-23(33-5)24(34-6)15-22(21)16-29/h7-9,14-15,18H,10-13,16-17H2,1-6H3,(H,28,32). The molecule has 3 rings (SSSR count). The number of ether oxygens (including phenoxy) is 2. The molecule has 34 heavy (non-hydrogen) atoms. The molecule has 0 saturated carbocycles. The van der Waals surface area contributed by atoms with Gasteiger partial charge < -0.3 is 24.6 Å².